The minimum absolute atomic E-state index is 0.139. The summed E-state index contributed by atoms with van der Waals surface area (Å²) in [5.41, 5.74) is 1.31. The predicted octanol–water partition coefficient (Wildman–Crippen LogP) is 2.47. The number of benzene rings is 1. The van der Waals surface area contributed by atoms with Gasteiger partial charge < -0.3 is 24.1 Å². The van der Waals surface area contributed by atoms with E-state index in [-0.39, 0.29) is 24.5 Å². The standard InChI is InChI=1S/C20H24N2O5/c1-13(2)19(14-6-7-16-17(11-14)26-10-9-25-16)21-18(23)12-27-20(24)15-5-4-8-22(15)3/h4-8,11,13,19H,9-10,12H2,1-3H3,(H,21,23)/t19-/m1/s1. The molecule has 144 valence electrons. The first-order chi connectivity index (χ1) is 13.0. The molecule has 0 saturated carbocycles. The molecule has 27 heavy (non-hydrogen) atoms. The van der Waals surface area contributed by atoms with Gasteiger partial charge in [0, 0.05) is 13.2 Å². The summed E-state index contributed by atoms with van der Waals surface area (Å²) in [7, 11) is 1.74. The number of nitrogens with one attached hydrogen (secondary N) is 1. The molecule has 1 N–H and O–H groups in total. The number of nitrogens with zero attached hydrogens (tertiary/aromatic N) is 1. The fourth-order valence-electron chi connectivity index (χ4n) is 2.98. The molecule has 7 nitrogen and oxygen atoms in total. The molecule has 0 aliphatic carbocycles. The van der Waals surface area contributed by atoms with Gasteiger partial charge in [-0.25, -0.2) is 4.79 Å². The average Bonchev–Trinajstić information content (AvgIpc) is 3.09. The van der Waals surface area contributed by atoms with Gasteiger partial charge in [0.15, 0.2) is 18.1 Å². The minimum atomic E-state index is -0.530. The van der Waals surface area contributed by atoms with Gasteiger partial charge >= 0.3 is 5.97 Å². The first kappa shape index (κ1) is 18.8. The van der Waals surface area contributed by atoms with Gasteiger partial charge in [-0.2, -0.15) is 0 Å². The Morgan fingerprint density at radius 2 is 1.93 bits per heavy atom. The molecule has 7 heteroatoms. The van der Waals surface area contributed by atoms with Crippen LogP contribution >= 0.6 is 0 Å². The second kappa shape index (κ2) is 8.16. The molecule has 1 aromatic heterocycles. The van der Waals surface area contributed by atoms with E-state index in [0.29, 0.717) is 30.4 Å². The van der Waals surface area contributed by atoms with E-state index in [1.165, 1.54) is 0 Å². The highest BCUT2D eigenvalue weighted by Gasteiger charge is 2.22. The summed E-state index contributed by atoms with van der Waals surface area (Å²) in [6.07, 6.45) is 1.74. The molecule has 0 saturated heterocycles. The van der Waals surface area contributed by atoms with Crippen LogP contribution in [-0.4, -0.2) is 36.3 Å². The monoisotopic (exact) mass is 372 g/mol. The normalized spacial score (nSPS) is 13.9. The second-order valence-corrected chi connectivity index (χ2v) is 6.77. The molecule has 0 unspecified atom stereocenters. The number of amides is 1. The number of aromatic nitrogens is 1. The molecule has 2 aromatic rings. The van der Waals surface area contributed by atoms with E-state index in [2.05, 4.69) is 5.32 Å². The maximum atomic E-state index is 12.3. The Kier molecular flexibility index (Phi) is 5.69. The van der Waals surface area contributed by atoms with Crippen molar-refractivity contribution < 1.29 is 23.8 Å². The van der Waals surface area contributed by atoms with Gasteiger partial charge in [0.2, 0.25) is 0 Å². The van der Waals surface area contributed by atoms with E-state index >= 15 is 0 Å². The number of fused-ring (bicyclic) bond motifs is 1. The fraction of sp³-hybridized carbons (Fsp3) is 0.400. The van der Waals surface area contributed by atoms with Gasteiger partial charge in [-0.15, -0.1) is 0 Å². The number of ether oxygens (including phenoxy) is 3. The maximum absolute atomic E-state index is 12.3. The van der Waals surface area contributed by atoms with Crippen LogP contribution in [0.15, 0.2) is 36.5 Å². The van der Waals surface area contributed by atoms with Crippen LogP contribution in [-0.2, 0) is 16.6 Å². The first-order valence-electron chi connectivity index (χ1n) is 8.93. The maximum Gasteiger partial charge on any atom is 0.355 e. The summed E-state index contributed by atoms with van der Waals surface area (Å²) in [6, 6.07) is 8.80. The zero-order valence-corrected chi connectivity index (χ0v) is 15.7. The molecule has 1 aromatic carbocycles. The summed E-state index contributed by atoms with van der Waals surface area (Å²) >= 11 is 0. The van der Waals surface area contributed by atoms with Crippen LogP contribution < -0.4 is 14.8 Å². The van der Waals surface area contributed by atoms with Crippen LogP contribution in [0.4, 0.5) is 0 Å². The molecule has 1 aliphatic heterocycles. The molecule has 0 bridgehead atoms. The van der Waals surface area contributed by atoms with E-state index in [1.807, 2.05) is 32.0 Å². The average molecular weight is 372 g/mol. The van der Waals surface area contributed by atoms with E-state index in [0.717, 1.165) is 5.56 Å². The molecule has 0 fully saturated rings. The zero-order valence-electron chi connectivity index (χ0n) is 15.7. The van der Waals surface area contributed by atoms with Gasteiger partial charge in [0.1, 0.15) is 18.9 Å². The predicted molar refractivity (Wildman–Crippen MR) is 98.8 cm³/mol. The molecular weight excluding hydrogens is 348 g/mol. The largest absolute Gasteiger partial charge is 0.486 e. The van der Waals surface area contributed by atoms with Crippen molar-refractivity contribution in [2.24, 2.45) is 13.0 Å². The van der Waals surface area contributed by atoms with Crippen LogP contribution in [0.3, 0.4) is 0 Å². The third kappa shape index (κ3) is 4.42. The second-order valence-electron chi connectivity index (χ2n) is 6.77. The number of hydrogen-bond acceptors (Lipinski definition) is 5. The SMILES string of the molecule is CC(C)[C@@H](NC(=O)COC(=O)c1cccn1C)c1ccc2c(c1)OCCO2. The number of carbonyl (C=O) groups excluding carboxylic acids is 2. The van der Waals surface area contributed by atoms with Crippen molar-refractivity contribution >= 4 is 11.9 Å². The number of rotatable bonds is 6. The van der Waals surface area contributed by atoms with E-state index in [9.17, 15) is 9.59 Å². The van der Waals surface area contributed by atoms with E-state index in [1.54, 1.807) is 29.9 Å². The number of hydrogen-bond donors (Lipinski definition) is 1. The van der Waals surface area contributed by atoms with Crippen LogP contribution in [0.25, 0.3) is 0 Å². The lowest BCUT2D eigenvalue weighted by molar-refractivity contribution is -0.125. The van der Waals surface area contributed by atoms with Gasteiger partial charge in [0.05, 0.1) is 6.04 Å². The lowest BCUT2D eigenvalue weighted by atomic mass is 9.95. The van der Waals surface area contributed by atoms with Gasteiger partial charge in [-0.3, -0.25) is 4.79 Å². The Bertz CT molecular complexity index is 828. The van der Waals surface area contributed by atoms with E-state index < -0.39 is 5.97 Å². The lowest BCUT2D eigenvalue weighted by Crippen LogP contribution is -2.35. The molecule has 1 amide bonds. The number of aryl methyl sites for hydroxylation is 1. The van der Waals surface area contributed by atoms with Crippen molar-refractivity contribution in [1.82, 2.24) is 9.88 Å². The lowest BCUT2D eigenvalue weighted by Gasteiger charge is -2.25. The Labute approximate surface area is 158 Å². The topological polar surface area (TPSA) is 78.8 Å². The van der Waals surface area contributed by atoms with Crippen molar-refractivity contribution in [2.45, 2.75) is 19.9 Å². The van der Waals surface area contributed by atoms with Gasteiger partial charge in [-0.1, -0.05) is 19.9 Å². The third-order valence-corrected chi connectivity index (χ3v) is 4.40. The van der Waals surface area contributed by atoms with Crippen LogP contribution in [0, 0.1) is 5.92 Å². The van der Waals surface area contributed by atoms with E-state index in [4.69, 9.17) is 14.2 Å². The van der Waals surface area contributed by atoms with Crippen molar-refractivity contribution in [2.75, 3.05) is 19.8 Å². The van der Waals surface area contributed by atoms with Crippen LogP contribution in [0.1, 0.15) is 35.9 Å². The minimum Gasteiger partial charge on any atom is -0.486 e. The molecule has 3 rings (SSSR count). The molecule has 2 heterocycles. The quantitative estimate of drug-likeness (QED) is 0.788. The molecule has 1 atom stereocenters. The summed E-state index contributed by atoms with van der Waals surface area (Å²) in [5.74, 6) is 0.633. The summed E-state index contributed by atoms with van der Waals surface area (Å²) < 4.78 is 17.9. The van der Waals surface area contributed by atoms with Crippen LogP contribution in [0.2, 0.25) is 0 Å². The fourth-order valence-corrected chi connectivity index (χ4v) is 2.98. The van der Waals surface area contributed by atoms with Crippen molar-refractivity contribution in [3.05, 3.63) is 47.8 Å². The Morgan fingerprint density at radius 3 is 2.59 bits per heavy atom. The third-order valence-electron chi connectivity index (χ3n) is 4.40. The van der Waals surface area contributed by atoms with Gasteiger partial charge in [0.25, 0.3) is 5.91 Å². The smallest absolute Gasteiger partial charge is 0.355 e. The summed E-state index contributed by atoms with van der Waals surface area (Å²) in [5, 5.41) is 2.94. The molecular formula is C20H24N2O5. The molecule has 0 spiro atoms. The summed E-state index contributed by atoms with van der Waals surface area (Å²) in [4.78, 5) is 24.4. The van der Waals surface area contributed by atoms with Gasteiger partial charge in [-0.05, 0) is 35.7 Å². The Balaban J connectivity index is 1.63. The van der Waals surface area contributed by atoms with Crippen LogP contribution in [0.5, 0.6) is 11.5 Å². The van der Waals surface area contributed by atoms with Crippen molar-refractivity contribution in [1.29, 1.82) is 0 Å². The highest BCUT2D eigenvalue weighted by atomic mass is 16.6. The molecule has 1 aliphatic rings. The number of carbonyl (C=O) groups is 2. The molecule has 0 radical (unpaired) electrons. The summed E-state index contributed by atoms with van der Waals surface area (Å²) in [6.45, 7) is 4.72. The highest BCUT2D eigenvalue weighted by Crippen LogP contribution is 2.34. The van der Waals surface area contributed by atoms with Crippen molar-refractivity contribution in [3.63, 3.8) is 0 Å². The number of esters is 1. The first-order valence-corrected chi connectivity index (χ1v) is 8.93. The highest BCUT2D eigenvalue weighted by molar-refractivity contribution is 5.90. The Morgan fingerprint density at radius 1 is 1.19 bits per heavy atom. The Hall–Kier alpha value is -2.96. The zero-order chi connectivity index (χ0) is 19.4. The van der Waals surface area contributed by atoms with Crippen molar-refractivity contribution in [3.8, 4) is 11.5 Å².